The molecular weight excluding hydrogens is 586 g/mol. The zero-order valence-corrected chi connectivity index (χ0v) is 29.2. The zero-order chi connectivity index (χ0) is 34.8. The fraction of sp³-hybridized carbons (Fsp3) is 0.425. The average molecular weight is 642 g/mol. The Morgan fingerprint density at radius 3 is 1.49 bits per heavy atom. The first kappa shape index (κ1) is 42.9. The number of hydrogen-bond acceptors (Lipinski definition) is 7. The highest BCUT2D eigenvalue weighted by molar-refractivity contribution is 5.52. The second kappa shape index (κ2) is 31.8. The summed E-state index contributed by atoms with van der Waals surface area (Å²) in [6.07, 6.45) is 14.9. The van der Waals surface area contributed by atoms with Crippen molar-refractivity contribution in [2.24, 2.45) is 0 Å². The Hall–Kier alpha value is -4.13. The van der Waals surface area contributed by atoms with Crippen LogP contribution in [0, 0.1) is 35.5 Å². The van der Waals surface area contributed by atoms with Crippen LogP contribution >= 0.6 is 0 Å². The molecule has 3 rings (SSSR count). The Kier molecular flexibility index (Phi) is 29.0. The quantitative estimate of drug-likeness (QED) is 0.272. The van der Waals surface area contributed by atoms with E-state index in [1.54, 1.807) is 12.1 Å². The number of terminal acetylenes is 1. The van der Waals surface area contributed by atoms with Gasteiger partial charge in [-0.1, -0.05) is 68.6 Å². The van der Waals surface area contributed by atoms with Crippen molar-refractivity contribution >= 4 is 5.69 Å². The molecule has 0 bridgehead atoms. The molecule has 254 valence electrons. The van der Waals surface area contributed by atoms with Gasteiger partial charge in [-0.25, -0.2) is 0 Å². The van der Waals surface area contributed by atoms with Crippen molar-refractivity contribution in [2.45, 2.75) is 27.7 Å². The molecule has 1 saturated heterocycles. The van der Waals surface area contributed by atoms with Crippen LogP contribution in [0.15, 0.2) is 85.5 Å². The number of anilines is 1. The molecule has 0 radical (unpaired) electrons. The number of nitriles is 1. The van der Waals surface area contributed by atoms with E-state index in [1.807, 2.05) is 81.5 Å². The van der Waals surface area contributed by atoms with Crippen LogP contribution in [0.2, 0.25) is 0 Å². The molecule has 0 unspecified atom stereocenters. The first-order valence-electron chi connectivity index (χ1n) is 16.2. The van der Waals surface area contributed by atoms with Crippen molar-refractivity contribution in [1.29, 1.82) is 5.26 Å². The summed E-state index contributed by atoms with van der Waals surface area (Å²) in [6.45, 7) is 19.3. The van der Waals surface area contributed by atoms with E-state index in [-0.39, 0.29) is 0 Å². The Labute approximate surface area is 285 Å². The van der Waals surface area contributed by atoms with Crippen LogP contribution in [0.1, 0.15) is 44.4 Å². The average Bonchev–Trinajstić information content (AvgIpc) is 3.10. The minimum absolute atomic E-state index is 0.591. The molecule has 7 heteroatoms. The maximum absolute atomic E-state index is 7.32. The molecule has 0 N–H and O–H groups in total. The molecule has 0 aliphatic carbocycles. The summed E-state index contributed by atoms with van der Waals surface area (Å²) in [6, 6.07) is 17.7. The first-order valence-corrected chi connectivity index (χ1v) is 16.2. The minimum Gasteiger partial charge on any atom is -0.378 e. The number of likely N-dealkylation sites (N-methyl/N-ethyl adjacent to an activating group) is 1. The molecule has 0 aromatic heterocycles. The number of nitrogens with zero attached hydrogens (tertiary/aromatic N) is 3. The number of hydrogen-bond donors (Lipinski definition) is 0. The maximum Gasteiger partial charge on any atom is 0.0701 e. The molecule has 1 aliphatic heterocycles. The molecule has 1 heterocycles. The third kappa shape index (κ3) is 23.8. The highest BCUT2D eigenvalue weighted by Gasteiger charge is 2.07. The van der Waals surface area contributed by atoms with Gasteiger partial charge in [0.15, 0.2) is 0 Å². The van der Waals surface area contributed by atoms with Crippen molar-refractivity contribution < 1.29 is 18.9 Å². The number of benzene rings is 2. The van der Waals surface area contributed by atoms with Crippen molar-refractivity contribution in [3.05, 3.63) is 102 Å². The molecule has 7 nitrogen and oxygen atoms in total. The van der Waals surface area contributed by atoms with Crippen molar-refractivity contribution in [3.63, 3.8) is 0 Å². The lowest BCUT2D eigenvalue weighted by atomic mass is 10.1. The minimum atomic E-state index is 0.591. The first-order chi connectivity index (χ1) is 23.1. The summed E-state index contributed by atoms with van der Waals surface area (Å²) < 4.78 is 23.0. The van der Waals surface area contributed by atoms with E-state index in [4.69, 9.17) is 30.6 Å². The van der Waals surface area contributed by atoms with E-state index in [0.29, 0.717) is 52.9 Å². The smallest absolute Gasteiger partial charge is 0.0701 e. The SMILES string of the molecule is C#Cc1ccc(C#Cc2ccc(N3CCOCCOCCN(C)CCOCCOCC3)cc2)cc1.C=C/C=C\C=C/C.CC.CC#N. The summed E-state index contributed by atoms with van der Waals surface area (Å²) >= 11 is 0. The largest absolute Gasteiger partial charge is 0.378 e. The lowest BCUT2D eigenvalue weighted by Crippen LogP contribution is -2.32. The van der Waals surface area contributed by atoms with Crippen molar-refractivity contribution in [1.82, 2.24) is 4.90 Å². The molecule has 1 fully saturated rings. The van der Waals surface area contributed by atoms with Crippen molar-refractivity contribution in [2.75, 3.05) is 91.0 Å². The van der Waals surface area contributed by atoms with Gasteiger partial charge in [0.05, 0.1) is 58.9 Å². The summed E-state index contributed by atoms with van der Waals surface area (Å²) in [7, 11) is 2.07. The highest BCUT2D eigenvalue weighted by Crippen LogP contribution is 2.15. The van der Waals surface area contributed by atoms with E-state index in [0.717, 1.165) is 48.6 Å². The van der Waals surface area contributed by atoms with Crippen LogP contribution in [0.4, 0.5) is 5.69 Å². The van der Waals surface area contributed by atoms with Gasteiger partial charge in [-0.05, 0) is 62.5 Å². The third-order valence-electron chi connectivity index (χ3n) is 6.18. The fourth-order valence-electron chi connectivity index (χ4n) is 3.72. The Bertz CT molecular complexity index is 1230. The highest BCUT2D eigenvalue weighted by atomic mass is 16.5. The van der Waals surface area contributed by atoms with Gasteiger partial charge in [0.2, 0.25) is 0 Å². The predicted molar refractivity (Wildman–Crippen MR) is 197 cm³/mol. The van der Waals surface area contributed by atoms with Gasteiger partial charge in [0.1, 0.15) is 0 Å². The molecule has 0 amide bonds. The van der Waals surface area contributed by atoms with Gasteiger partial charge in [-0.2, -0.15) is 5.26 Å². The summed E-state index contributed by atoms with van der Waals surface area (Å²) in [5.74, 6) is 9.03. The second-order valence-electron chi connectivity index (χ2n) is 9.63. The number of ether oxygens (including phenoxy) is 4. The van der Waals surface area contributed by atoms with E-state index in [1.165, 1.54) is 6.92 Å². The lowest BCUT2D eigenvalue weighted by molar-refractivity contribution is 0.0264. The van der Waals surface area contributed by atoms with Gasteiger partial charge in [-0.15, -0.1) is 6.42 Å². The third-order valence-corrected chi connectivity index (χ3v) is 6.18. The molecule has 0 saturated carbocycles. The van der Waals surface area contributed by atoms with Gasteiger partial charge in [0, 0.05) is 55.5 Å². The molecule has 0 spiro atoms. The van der Waals surface area contributed by atoms with E-state index in [2.05, 4.69) is 53.3 Å². The Balaban J connectivity index is 0.00000152. The van der Waals surface area contributed by atoms with Crippen LogP contribution in [0.25, 0.3) is 0 Å². The monoisotopic (exact) mass is 641 g/mol. The van der Waals surface area contributed by atoms with E-state index >= 15 is 0 Å². The van der Waals surface area contributed by atoms with Gasteiger partial charge in [0.25, 0.3) is 0 Å². The number of rotatable bonds is 3. The standard InChI is InChI=1S/C29H36N2O4.C7H10.C2H3N.C2H6/c1-3-26-4-6-27(7-5-26)8-9-28-10-12-29(13-11-28)31-16-20-34-24-22-32-18-14-30(2)15-19-33-23-25-35-21-17-31;1-3-5-7-6-4-2;1-2-3;1-2/h1,4-7,10-13H,14-25H2,2H3;3-7H,1H2,2H3;1H3;1-2H3/b;6-4-,7-5-;;. The van der Waals surface area contributed by atoms with E-state index < -0.39 is 0 Å². The Morgan fingerprint density at radius 1 is 0.681 bits per heavy atom. The zero-order valence-electron chi connectivity index (χ0n) is 29.2. The molecular formula is C40H55N3O4. The predicted octanol–water partition coefficient (Wildman–Crippen LogP) is 6.75. The van der Waals surface area contributed by atoms with Crippen LogP contribution in [-0.2, 0) is 18.9 Å². The molecule has 2 aromatic carbocycles. The maximum atomic E-state index is 7.32. The second-order valence-corrected chi connectivity index (χ2v) is 9.63. The molecule has 47 heavy (non-hydrogen) atoms. The van der Waals surface area contributed by atoms with Gasteiger partial charge >= 0.3 is 0 Å². The summed E-state index contributed by atoms with van der Waals surface area (Å²) in [5, 5.41) is 7.32. The Morgan fingerprint density at radius 2 is 1.09 bits per heavy atom. The molecule has 0 atom stereocenters. The summed E-state index contributed by atoms with van der Waals surface area (Å²) in [4.78, 5) is 4.48. The molecule has 1 aliphatic rings. The van der Waals surface area contributed by atoms with Gasteiger partial charge < -0.3 is 28.7 Å². The van der Waals surface area contributed by atoms with Crippen LogP contribution in [0.5, 0.6) is 0 Å². The van der Waals surface area contributed by atoms with E-state index in [9.17, 15) is 0 Å². The summed E-state index contributed by atoms with van der Waals surface area (Å²) in [5.41, 5.74) is 3.87. The van der Waals surface area contributed by atoms with Crippen LogP contribution in [-0.4, -0.2) is 91.0 Å². The lowest BCUT2D eigenvalue weighted by Gasteiger charge is -2.25. The number of allylic oxidation sites excluding steroid dienone is 5. The fourth-order valence-corrected chi connectivity index (χ4v) is 3.72. The van der Waals surface area contributed by atoms with Crippen LogP contribution < -0.4 is 4.90 Å². The normalized spacial score (nSPS) is 15.3. The topological polar surface area (TPSA) is 67.2 Å². The van der Waals surface area contributed by atoms with Crippen molar-refractivity contribution in [3.8, 4) is 30.3 Å². The van der Waals surface area contributed by atoms with Gasteiger partial charge in [-0.3, -0.25) is 0 Å². The van der Waals surface area contributed by atoms with Crippen LogP contribution in [0.3, 0.4) is 0 Å². The molecule has 2 aromatic rings.